The number of benzene rings is 1. The van der Waals surface area contributed by atoms with E-state index in [4.69, 9.17) is 14.7 Å². The first-order chi connectivity index (χ1) is 8.38. The molecule has 6 heteroatoms. The van der Waals surface area contributed by atoms with Crippen molar-refractivity contribution >= 4 is 0 Å². The van der Waals surface area contributed by atoms with Crippen LogP contribution in [0.4, 0.5) is 0 Å². The average Bonchev–Trinajstić information content (AvgIpc) is 2.86. The van der Waals surface area contributed by atoms with Gasteiger partial charge in [0.1, 0.15) is 25.0 Å². The highest BCUT2D eigenvalue weighted by atomic mass is 16.6. The second-order valence-electron chi connectivity index (χ2n) is 3.49. The molecule has 1 N–H and O–H groups in total. The summed E-state index contributed by atoms with van der Waals surface area (Å²) in [6.07, 6.45) is 0. The Bertz CT molecular complexity index is 600. The SMILES string of the molecule is N#Cc1n[nH]nc1-c1ccc2c(c1)OCCO2. The topological polar surface area (TPSA) is 83.8 Å². The Labute approximate surface area is 96.8 Å². The molecule has 0 atom stereocenters. The Morgan fingerprint density at radius 1 is 1.18 bits per heavy atom. The number of ether oxygens (including phenoxy) is 2. The molecule has 0 saturated heterocycles. The van der Waals surface area contributed by atoms with Crippen LogP contribution in [0.2, 0.25) is 0 Å². The number of rotatable bonds is 1. The second-order valence-corrected chi connectivity index (χ2v) is 3.49. The van der Waals surface area contributed by atoms with Gasteiger partial charge in [0.05, 0.1) is 0 Å². The molecule has 1 aromatic carbocycles. The lowest BCUT2D eigenvalue weighted by atomic mass is 10.1. The third-order valence-corrected chi connectivity index (χ3v) is 2.47. The molecule has 0 bridgehead atoms. The van der Waals surface area contributed by atoms with Crippen molar-refractivity contribution in [2.24, 2.45) is 0 Å². The highest BCUT2D eigenvalue weighted by Gasteiger charge is 2.15. The van der Waals surface area contributed by atoms with Crippen molar-refractivity contribution in [1.29, 1.82) is 5.26 Å². The summed E-state index contributed by atoms with van der Waals surface area (Å²) in [5.41, 5.74) is 1.56. The van der Waals surface area contributed by atoms with Crippen LogP contribution < -0.4 is 9.47 Å². The van der Waals surface area contributed by atoms with E-state index in [2.05, 4.69) is 15.4 Å². The van der Waals surface area contributed by atoms with Crippen LogP contribution in [-0.4, -0.2) is 28.6 Å². The van der Waals surface area contributed by atoms with Gasteiger partial charge in [0.25, 0.3) is 0 Å². The van der Waals surface area contributed by atoms with Crippen LogP contribution in [0.3, 0.4) is 0 Å². The number of nitrogens with one attached hydrogen (secondary N) is 1. The molecule has 6 nitrogen and oxygen atoms in total. The van der Waals surface area contributed by atoms with Gasteiger partial charge in [-0.1, -0.05) is 0 Å². The molecule has 1 aliphatic rings. The van der Waals surface area contributed by atoms with Crippen molar-refractivity contribution in [1.82, 2.24) is 15.4 Å². The van der Waals surface area contributed by atoms with Crippen molar-refractivity contribution in [2.45, 2.75) is 0 Å². The summed E-state index contributed by atoms with van der Waals surface area (Å²) in [6, 6.07) is 7.41. The zero-order valence-electron chi connectivity index (χ0n) is 8.80. The molecule has 0 radical (unpaired) electrons. The van der Waals surface area contributed by atoms with E-state index in [1.165, 1.54) is 0 Å². The molecule has 84 valence electrons. The van der Waals surface area contributed by atoms with Gasteiger partial charge >= 0.3 is 0 Å². The van der Waals surface area contributed by atoms with E-state index in [1.807, 2.05) is 12.1 Å². The van der Waals surface area contributed by atoms with E-state index in [1.54, 1.807) is 12.1 Å². The third kappa shape index (κ3) is 1.58. The Balaban J connectivity index is 2.08. The molecule has 17 heavy (non-hydrogen) atoms. The number of nitriles is 1. The first kappa shape index (κ1) is 9.66. The van der Waals surface area contributed by atoms with Crippen LogP contribution in [0.1, 0.15) is 5.69 Å². The highest BCUT2D eigenvalue weighted by molar-refractivity contribution is 5.67. The van der Waals surface area contributed by atoms with Gasteiger partial charge in [-0.2, -0.15) is 15.6 Å². The van der Waals surface area contributed by atoms with Gasteiger partial charge in [-0.05, 0) is 18.2 Å². The van der Waals surface area contributed by atoms with Crippen molar-refractivity contribution < 1.29 is 9.47 Å². The van der Waals surface area contributed by atoms with Crippen LogP contribution in [-0.2, 0) is 0 Å². The predicted molar refractivity (Wildman–Crippen MR) is 57.5 cm³/mol. The van der Waals surface area contributed by atoms with Gasteiger partial charge in [0.15, 0.2) is 17.2 Å². The standard InChI is InChI=1S/C11H8N4O2/c12-6-8-11(14-15-13-8)7-1-2-9-10(5-7)17-4-3-16-9/h1-2,5H,3-4H2,(H,13,14,15). The maximum absolute atomic E-state index is 8.88. The minimum Gasteiger partial charge on any atom is -0.486 e. The number of nitrogens with zero attached hydrogens (tertiary/aromatic N) is 3. The lowest BCUT2D eigenvalue weighted by molar-refractivity contribution is 0.171. The lowest BCUT2D eigenvalue weighted by Gasteiger charge is -2.18. The molecular formula is C11H8N4O2. The van der Waals surface area contributed by atoms with Crippen LogP contribution in [0.25, 0.3) is 11.3 Å². The van der Waals surface area contributed by atoms with Gasteiger partial charge < -0.3 is 9.47 Å². The Morgan fingerprint density at radius 3 is 2.82 bits per heavy atom. The minimum absolute atomic E-state index is 0.265. The Kier molecular flexibility index (Phi) is 2.15. The van der Waals surface area contributed by atoms with E-state index in [0.717, 1.165) is 5.56 Å². The van der Waals surface area contributed by atoms with Gasteiger partial charge in [-0.3, -0.25) is 0 Å². The molecule has 1 aromatic heterocycles. The quantitative estimate of drug-likeness (QED) is 0.790. The first-order valence-corrected chi connectivity index (χ1v) is 5.09. The van der Waals surface area contributed by atoms with E-state index in [-0.39, 0.29) is 5.69 Å². The van der Waals surface area contributed by atoms with Crippen molar-refractivity contribution in [3.63, 3.8) is 0 Å². The molecule has 0 unspecified atom stereocenters. The van der Waals surface area contributed by atoms with Crippen LogP contribution in [0.15, 0.2) is 18.2 Å². The molecule has 0 amide bonds. The van der Waals surface area contributed by atoms with Gasteiger partial charge in [0.2, 0.25) is 0 Å². The largest absolute Gasteiger partial charge is 0.486 e. The maximum Gasteiger partial charge on any atom is 0.190 e. The van der Waals surface area contributed by atoms with E-state index in [0.29, 0.717) is 30.4 Å². The summed E-state index contributed by atoms with van der Waals surface area (Å²) in [7, 11) is 0. The normalized spacial score (nSPS) is 13.1. The zero-order valence-corrected chi connectivity index (χ0v) is 8.80. The van der Waals surface area contributed by atoms with Crippen molar-refractivity contribution in [3.8, 4) is 28.8 Å². The van der Waals surface area contributed by atoms with Gasteiger partial charge in [-0.15, -0.1) is 5.10 Å². The summed E-state index contributed by atoms with van der Waals surface area (Å²) in [6.45, 7) is 1.08. The lowest BCUT2D eigenvalue weighted by Crippen LogP contribution is -2.15. The van der Waals surface area contributed by atoms with Crippen LogP contribution >= 0.6 is 0 Å². The second kappa shape index (κ2) is 3.79. The first-order valence-electron chi connectivity index (χ1n) is 5.09. The zero-order chi connectivity index (χ0) is 11.7. The van der Waals surface area contributed by atoms with E-state index >= 15 is 0 Å². The summed E-state index contributed by atoms with van der Waals surface area (Å²) >= 11 is 0. The maximum atomic E-state index is 8.88. The predicted octanol–water partition coefficient (Wildman–Crippen LogP) is 1.11. The van der Waals surface area contributed by atoms with Crippen molar-refractivity contribution in [2.75, 3.05) is 13.2 Å². The van der Waals surface area contributed by atoms with Crippen LogP contribution in [0.5, 0.6) is 11.5 Å². The van der Waals surface area contributed by atoms with Crippen LogP contribution in [0, 0.1) is 11.3 Å². The molecule has 0 saturated carbocycles. The fourth-order valence-electron chi connectivity index (χ4n) is 1.70. The molecule has 0 aliphatic carbocycles. The summed E-state index contributed by atoms with van der Waals surface area (Å²) in [5.74, 6) is 1.38. The minimum atomic E-state index is 0.265. The number of fused-ring (bicyclic) bond motifs is 1. The molecule has 2 heterocycles. The fraction of sp³-hybridized carbons (Fsp3) is 0.182. The summed E-state index contributed by atoms with van der Waals surface area (Å²) < 4.78 is 10.9. The fourth-order valence-corrected chi connectivity index (χ4v) is 1.70. The Morgan fingerprint density at radius 2 is 2.00 bits per heavy atom. The number of hydrogen-bond donors (Lipinski definition) is 1. The smallest absolute Gasteiger partial charge is 0.190 e. The molecule has 2 aromatic rings. The highest BCUT2D eigenvalue weighted by Crippen LogP contribution is 2.34. The third-order valence-electron chi connectivity index (χ3n) is 2.47. The van der Waals surface area contributed by atoms with E-state index in [9.17, 15) is 0 Å². The number of hydrogen-bond acceptors (Lipinski definition) is 5. The monoisotopic (exact) mass is 228 g/mol. The van der Waals surface area contributed by atoms with Crippen molar-refractivity contribution in [3.05, 3.63) is 23.9 Å². The number of aromatic amines is 1. The summed E-state index contributed by atoms with van der Waals surface area (Å²) in [5, 5.41) is 19.0. The van der Waals surface area contributed by atoms with Gasteiger partial charge in [-0.25, -0.2) is 0 Å². The molecule has 1 aliphatic heterocycles. The number of H-pyrrole nitrogens is 1. The number of aromatic nitrogens is 3. The van der Waals surface area contributed by atoms with E-state index < -0.39 is 0 Å². The Hall–Kier alpha value is -2.55. The van der Waals surface area contributed by atoms with Gasteiger partial charge in [0, 0.05) is 5.56 Å². The summed E-state index contributed by atoms with van der Waals surface area (Å²) in [4.78, 5) is 0. The average molecular weight is 228 g/mol. The molecule has 0 spiro atoms. The molecule has 3 rings (SSSR count). The molecular weight excluding hydrogens is 220 g/mol. The molecule has 0 fully saturated rings.